The molecule has 1 N–H and O–H groups in total. The maximum atomic E-state index is 5.29. The highest BCUT2D eigenvalue weighted by atomic mass is 32.1. The summed E-state index contributed by atoms with van der Waals surface area (Å²) in [4.78, 5) is 4.30. The molecule has 3 rings (SSSR count). The standard InChI is InChI=1S/C11H9N5OS2/c1-7-13-8(6-19-7)5-12-16-10(14-15-11(16)18)9-3-2-4-17-9/h2-6H,1H3,(H,15,18)/b12-5-. The third-order valence-corrected chi connectivity index (χ3v) is 3.39. The number of nitrogens with zero attached hydrogens (tertiary/aromatic N) is 4. The zero-order valence-electron chi connectivity index (χ0n) is 9.90. The van der Waals surface area contributed by atoms with Crippen molar-refractivity contribution in [2.75, 3.05) is 0 Å². The molecular formula is C11H9N5OS2. The van der Waals surface area contributed by atoms with Crippen LogP contribution in [0.1, 0.15) is 10.7 Å². The average Bonchev–Trinajstić information content (AvgIpc) is 3.08. The molecule has 0 saturated heterocycles. The van der Waals surface area contributed by atoms with Crippen LogP contribution in [0.5, 0.6) is 0 Å². The molecule has 0 amide bonds. The second-order valence-electron chi connectivity index (χ2n) is 3.68. The molecule has 0 saturated carbocycles. The molecule has 0 aromatic carbocycles. The highest BCUT2D eigenvalue weighted by molar-refractivity contribution is 7.71. The maximum Gasteiger partial charge on any atom is 0.219 e. The fraction of sp³-hybridized carbons (Fsp3) is 0.0909. The van der Waals surface area contributed by atoms with Gasteiger partial charge in [-0.1, -0.05) is 0 Å². The number of aromatic nitrogens is 4. The van der Waals surface area contributed by atoms with Crippen LogP contribution >= 0.6 is 23.6 Å². The molecule has 0 aliphatic rings. The Kier molecular flexibility index (Phi) is 3.10. The van der Waals surface area contributed by atoms with Crippen LogP contribution in [-0.2, 0) is 0 Å². The van der Waals surface area contributed by atoms with Gasteiger partial charge in [0.15, 0.2) is 5.76 Å². The zero-order chi connectivity index (χ0) is 13.2. The highest BCUT2D eigenvalue weighted by Gasteiger charge is 2.10. The third kappa shape index (κ3) is 2.40. The number of furan rings is 1. The number of rotatable bonds is 3. The summed E-state index contributed by atoms with van der Waals surface area (Å²) in [5, 5.41) is 14.0. The van der Waals surface area contributed by atoms with Crippen LogP contribution in [0.15, 0.2) is 33.3 Å². The summed E-state index contributed by atoms with van der Waals surface area (Å²) in [5.41, 5.74) is 0.788. The van der Waals surface area contributed by atoms with Crippen LogP contribution in [0.25, 0.3) is 11.6 Å². The molecule has 0 fully saturated rings. The average molecular weight is 291 g/mol. The molecule has 0 unspecified atom stereocenters. The van der Waals surface area contributed by atoms with Crippen molar-refractivity contribution in [2.45, 2.75) is 6.92 Å². The SMILES string of the molecule is Cc1nc(/C=N\n2c(-c3ccco3)n[nH]c2=S)cs1. The molecule has 0 spiro atoms. The van der Waals surface area contributed by atoms with E-state index in [9.17, 15) is 0 Å². The Morgan fingerprint density at radius 2 is 2.47 bits per heavy atom. The van der Waals surface area contributed by atoms with E-state index < -0.39 is 0 Å². The van der Waals surface area contributed by atoms with Crippen molar-refractivity contribution in [1.82, 2.24) is 19.9 Å². The summed E-state index contributed by atoms with van der Waals surface area (Å²) in [5.74, 6) is 1.12. The number of aryl methyl sites for hydroxylation is 1. The maximum absolute atomic E-state index is 5.29. The number of hydrogen-bond donors (Lipinski definition) is 1. The van der Waals surface area contributed by atoms with E-state index in [0.29, 0.717) is 16.4 Å². The molecule has 6 nitrogen and oxygen atoms in total. The van der Waals surface area contributed by atoms with Gasteiger partial charge in [-0.2, -0.15) is 9.78 Å². The van der Waals surface area contributed by atoms with E-state index in [-0.39, 0.29) is 0 Å². The van der Waals surface area contributed by atoms with Gasteiger partial charge in [0.1, 0.15) is 0 Å². The minimum Gasteiger partial charge on any atom is -0.461 e. The number of hydrogen-bond acceptors (Lipinski definition) is 6. The van der Waals surface area contributed by atoms with Gasteiger partial charge in [0.05, 0.1) is 23.2 Å². The van der Waals surface area contributed by atoms with Crippen molar-refractivity contribution in [3.8, 4) is 11.6 Å². The molecule has 8 heteroatoms. The molecule has 3 aromatic heterocycles. The zero-order valence-corrected chi connectivity index (χ0v) is 11.5. The summed E-state index contributed by atoms with van der Waals surface area (Å²) in [6.07, 6.45) is 3.21. The van der Waals surface area contributed by atoms with E-state index >= 15 is 0 Å². The van der Waals surface area contributed by atoms with Crippen LogP contribution in [0.3, 0.4) is 0 Å². The van der Waals surface area contributed by atoms with Gasteiger partial charge in [-0.3, -0.25) is 0 Å². The number of H-pyrrole nitrogens is 1. The predicted molar refractivity (Wildman–Crippen MR) is 75.0 cm³/mol. The first-order valence-corrected chi connectivity index (χ1v) is 6.70. The molecule has 19 heavy (non-hydrogen) atoms. The van der Waals surface area contributed by atoms with Gasteiger partial charge in [0.25, 0.3) is 0 Å². The minimum atomic E-state index is 0.398. The summed E-state index contributed by atoms with van der Waals surface area (Å²) < 4.78 is 7.19. The second-order valence-corrected chi connectivity index (χ2v) is 5.13. The van der Waals surface area contributed by atoms with Gasteiger partial charge >= 0.3 is 0 Å². The smallest absolute Gasteiger partial charge is 0.219 e. The Bertz CT molecular complexity index is 765. The van der Waals surface area contributed by atoms with Crippen LogP contribution in [0, 0.1) is 11.7 Å². The Morgan fingerprint density at radius 3 is 3.16 bits per heavy atom. The summed E-state index contributed by atoms with van der Waals surface area (Å²) in [6, 6.07) is 3.58. The lowest BCUT2D eigenvalue weighted by molar-refractivity contribution is 0.573. The Hall–Kier alpha value is -2.06. The number of aromatic amines is 1. The molecule has 0 radical (unpaired) electrons. The quantitative estimate of drug-likeness (QED) is 0.595. The van der Waals surface area contributed by atoms with Crippen LogP contribution < -0.4 is 0 Å². The number of thiazole rings is 1. The van der Waals surface area contributed by atoms with Crippen LogP contribution in [0.2, 0.25) is 0 Å². The predicted octanol–water partition coefficient (Wildman–Crippen LogP) is 2.85. The Labute approximate surface area is 117 Å². The van der Waals surface area contributed by atoms with Crippen molar-refractivity contribution < 1.29 is 4.42 Å². The van der Waals surface area contributed by atoms with E-state index in [2.05, 4.69) is 20.3 Å². The lowest BCUT2D eigenvalue weighted by atomic mass is 10.4. The molecule has 0 aliphatic heterocycles. The molecule has 0 atom stereocenters. The van der Waals surface area contributed by atoms with Crippen molar-refractivity contribution in [3.05, 3.63) is 39.2 Å². The van der Waals surface area contributed by atoms with Gasteiger partial charge < -0.3 is 4.42 Å². The fourth-order valence-corrected chi connectivity index (χ4v) is 2.26. The van der Waals surface area contributed by atoms with Gasteiger partial charge in [0.2, 0.25) is 10.6 Å². The van der Waals surface area contributed by atoms with Crippen LogP contribution in [0.4, 0.5) is 0 Å². The van der Waals surface area contributed by atoms with Crippen molar-refractivity contribution in [2.24, 2.45) is 5.10 Å². The lowest BCUT2D eigenvalue weighted by Crippen LogP contribution is -1.94. The van der Waals surface area contributed by atoms with Crippen molar-refractivity contribution >= 4 is 29.8 Å². The highest BCUT2D eigenvalue weighted by Crippen LogP contribution is 2.17. The first kappa shape index (κ1) is 12.0. The Balaban J connectivity index is 1.99. The van der Waals surface area contributed by atoms with E-state index in [1.54, 1.807) is 35.9 Å². The fourth-order valence-electron chi connectivity index (χ4n) is 1.52. The van der Waals surface area contributed by atoms with E-state index in [0.717, 1.165) is 10.7 Å². The molecule has 3 aromatic rings. The normalized spacial score (nSPS) is 11.4. The second kappa shape index (κ2) is 4.90. The largest absolute Gasteiger partial charge is 0.461 e. The number of nitrogens with one attached hydrogen (secondary N) is 1. The monoisotopic (exact) mass is 291 g/mol. The summed E-state index contributed by atoms with van der Waals surface area (Å²) >= 11 is 6.71. The topological polar surface area (TPSA) is 72.0 Å². The van der Waals surface area contributed by atoms with E-state index in [1.165, 1.54) is 4.68 Å². The van der Waals surface area contributed by atoms with Gasteiger partial charge in [-0.15, -0.1) is 16.4 Å². The van der Waals surface area contributed by atoms with E-state index in [1.807, 2.05) is 12.3 Å². The van der Waals surface area contributed by atoms with Crippen molar-refractivity contribution in [1.29, 1.82) is 0 Å². The first-order valence-electron chi connectivity index (χ1n) is 5.42. The third-order valence-electron chi connectivity index (χ3n) is 2.33. The summed E-state index contributed by atoms with van der Waals surface area (Å²) in [6.45, 7) is 1.94. The minimum absolute atomic E-state index is 0.398. The Morgan fingerprint density at radius 1 is 1.58 bits per heavy atom. The van der Waals surface area contributed by atoms with Crippen molar-refractivity contribution in [3.63, 3.8) is 0 Å². The van der Waals surface area contributed by atoms with Gasteiger partial charge in [-0.05, 0) is 31.3 Å². The molecule has 0 aliphatic carbocycles. The lowest BCUT2D eigenvalue weighted by Gasteiger charge is -1.95. The molecule has 96 valence electrons. The van der Waals surface area contributed by atoms with E-state index in [4.69, 9.17) is 16.6 Å². The van der Waals surface area contributed by atoms with Gasteiger partial charge in [-0.25, -0.2) is 10.1 Å². The summed E-state index contributed by atoms with van der Waals surface area (Å²) in [7, 11) is 0. The molecule has 3 heterocycles. The molecular weight excluding hydrogens is 282 g/mol. The molecule has 0 bridgehead atoms. The first-order chi connectivity index (χ1) is 9.24. The van der Waals surface area contributed by atoms with Crippen LogP contribution in [-0.4, -0.2) is 26.1 Å². The van der Waals surface area contributed by atoms with Gasteiger partial charge in [0, 0.05) is 5.38 Å².